The largest absolute Gasteiger partial charge is 0.493 e. The molecule has 228 valence electrons. The molecule has 0 bridgehead atoms. The Morgan fingerprint density at radius 3 is 2.12 bits per heavy atom. The van der Waals surface area contributed by atoms with E-state index in [2.05, 4.69) is 10.1 Å². The number of aromatic nitrogens is 1. The van der Waals surface area contributed by atoms with Crippen LogP contribution in [0, 0.1) is 6.92 Å². The van der Waals surface area contributed by atoms with Gasteiger partial charge in [-0.2, -0.15) is 14.4 Å². The van der Waals surface area contributed by atoms with Crippen molar-refractivity contribution in [2.24, 2.45) is 5.10 Å². The van der Waals surface area contributed by atoms with E-state index in [1.54, 1.807) is 12.1 Å². The van der Waals surface area contributed by atoms with E-state index < -0.39 is 15.9 Å². The number of aryl methyl sites for hydroxylation is 1. The summed E-state index contributed by atoms with van der Waals surface area (Å²) in [6.45, 7) is 6.73. The molecule has 0 aliphatic carbocycles. The summed E-state index contributed by atoms with van der Waals surface area (Å²) >= 11 is 1.33. The van der Waals surface area contributed by atoms with Gasteiger partial charge in [0.2, 0.25) is 20.9 Å². The van der Waals surface area contributed by atoms with Crippen LogP contribution in [0.25, 0.3) is 10.2 Å². The van der Waals surface area contributed by atoms with Crippen molar-refractivity contribution in [2.75, 3.05) is 39.4 Å². The molecule has 0 aliphatic rings. The van der Waals surface area contributed by atoms with Crippen molar-refractivity contribution in [3.8, 4) is 17.2 Å². The minimum absolute atomic E-state index is 0.133. The summed E-state index contributed by atoms with van der Waals surface area (Å²) in [6, 6.07) is 15.2. The lowest BCUT2D eigenvalue weighted by Crippen LogP contribution is -2.32. The number of hydrogen-bond donors (Lipinski definition) is 0. The molecule has 12 heteroatoms. The topological polar surface area (TPSA) is 111 Å². The molecule has 0 saturated carbocycles. The van der Waals surface area contributed by atoms with Crippen LogP contribution in [0.4, 0.5) is 5.13 Å². The molecule has 1 heterocycles. The first-order valence-electron chi connectivity index (χ1n) is 13.8. The predicted molar refractivity (Wildman–Crippen MR) is 171 cm³/mol. The van der Waals surface area contributed by atoms with Crippen LogP contribution < -0.4 is 19.2 Å². The monoisotopic (exact) mass is 624 g/mol. The molecule has 0 aliphatic heterocycles. The van der Waals surface area contributed by atoms with Gasteiger partial charge in [-0.1, -0.05) is 31.3 Å². The van der Waals surface area contributed by atoms with Crippen molar-refractivity contribution in [1.29, 1.82) is 0 Å². The zero-order valence-corrected chi connectivity index (χ0v) is 26.8. The third-order valence-electron chi connectivity index (χ3n) is 6.60. The Labute approximate surface area is 256 Å². The molecular weight excluding hydrogens is 588 g/mol. The highest BCUT2D eigenvalue weighted by molar-refractivity contribution is 7.89. The van der Waals surface area contributed by atoms with Gasteiger partial charge in [0.15, 0.2) is 11.5 Å². The molecule has 3 aromatic carbocycles. The van der Waals surface area contributed by atoms with Crippen LogP contribution >= 0.6 is 11.3 Å². The fourth-order valence-electron chi connectivity index (χ4n) is 4.49. The Hall–Kier alpha value is -4.00. The molecule has 0 N–H and O–H groups in total. The highest BCUT2D eigenvalue weighted by atomic mass is 32.2. The van der Waals surface area contributed by atoms with Gasteiger partial charge in [-0.15, -0.1) is 0 Å². The molecule has 0 spiro atoms. The number of thiazole rings is 1. The average Bonchev–Trinajstić information content (AvgIpc) is 3.43. The highest BCUT2D eigenvalue weighted by Crippen LogP contribution is 2.38. The van der Waals surface area contributed by atoms with Crippen LogP contribution in [0.3, 0.4) is 0 Å². The molecule has 10 nitrogen and oxygen atoms in total. The second-order valence-electron chi connectivity index (χ2n) is 9.72. The molecule has 0 radical (unpaired) electrons. The van der Waals surface area contributed by atoms with Crippen molar-refractivity contribution >= 4 is 48.8 Å². The second-order valence-corrected chi connectivity index (χ2v) is 12.7. The van der Waals surface area contributed by atoms with Crippen LogP contribution in [0.5, 0.6) is 17.2 Å². The van der Waals surface area contributed by atoms with Crippen molar-refractivity contribution in [3.05, 3.63) is 71.3 Å². The third-order valence-corrected chi connectivity index (χ3v) is 9.51. The summed E-state index contributed by atoms with van der Waals surface area (Å²) < 4.78 is 45.2. The summed E-state index contributed by atoms with van der Waals surface area (Å²) in [5.74, 6) is 0.841. The second kappa shape index (κ2) is 14.0. The molecule has 43 heavy (non-hydrogen) atoms. The minimum atomic E-state index is -3.69. The number of hydrazone groups is 1. The quantitative estimate of drug-likeness (QED) is 0.130. The van der Waals surface area contributed by atoms with E-state index in [0.717, 1.165) is 15.8 Å². The Morgan fingerprint density at radius 2 is 1.56 bits per heavy atom. The maximum Gasteiger partial charge on any atom is 0.280 e. The number of benzene rings is 3. The summed E-state index contributed by atoms with van der Waals surface area (Å²) in [5, 5.41) is 6.12. The number of carbonyl (C=O) groups excluding carboxylic acids is 1. The summed E-state index contributed by atoms with van der Waals surface area (Å²) in [4.78, 5) is 18.7. The predicted octanol–water partition coefficient (Wildman–Crippen LogP) is 6.12. The van der Waals surface area contributed by atoms with E-state index in [1.165, 1.54) is 72.5 Å². The molecule has 0 atom stereocenters. The Balaban J connectivity index is 1.74. The average molecular weight is 625 g/mol. The first-order chi connectivity index (χ1) is 20.7. The maximum absolute atomic E-state index is 13.9. The first kappa shape index (κ1) is 31.9. The first-order valence-corrected chi connectivity index (χ1v) is 16.1. The van der Waals surface area contributed by atoms with E-state index in [4.69, 9.17) is 14.2 Å². The van der Waals surface area contributed by atoms with Crippen LogP contribution in [0.1, 0.15) is 48.2 Å². The number of ether oxygens (including phenoxy) is 3. The minimum Gasteiger partial charge on any atom is -0.493 e. The van der Waals surface area contributed by atoms with Gasteiger partial charge in [-0.3, -0.25) is 4.79 Å². The Morgan fingerprint density at radius 1 is 0.930 bits per heavy atom. The van der Waals surface area contributed by atoms with Gasteiger partial charge in [0.1, 0.15) is 0 Å². The fourth-order valence-corrected chi connectivity index (χ4v) is 7.14. The fraction of sp³-hybridized carbons (Fsp3) is 0.323. The molecule has 0 unspecified atom stereocenters. The maximum atomic E-state index is 13.9. The molecule has 1 amide bonds. The lowest BCUT2D eigenvalue weighted by atomic mass is 10.2. The molecule has 4 rings (SSSR count). The Kier molecular flexibility index (Phi) is 10.4. The molecule has 0 saturated heterocycles. The van der Waals surface area contributed by atoms with E-state index in [0.29, 0.717) is 53.9 Å². The van der Waals surface area contributed by atoms with E-state index >= 15 is 0 Å². The smallest absolute Gasteiger partial charge is 0.280 e. The number of anilines is 1. The number of hydrogen-bond acceptors (Lipinski definition) is 9. The van der Waals surface area contributed by atoms with Crippen LogP contribution in [-0.4, -0.2) is 64.2 Å². The number of rotatable bonds is 13. The van der Waals surface area contributed by atoms with E-state index in [9.17, 15) is 13.2 Å². The molecular formula is C31H36N4O6S2. The molecule has 1 aromatic heterocycles. The van der Waals surface area contributed by atoms with Crippen LogP contribution in [0.2, 0.25) is 0 Å². The summed E-state index contributed by atoms with van der Waals surface area (Å²) in [7, 11) is 0.864. The Bertz CT molecular complexity index is 1690. The normalized spacial score (nSPS) is 11.8. The van der Waals surface area contributed by atoms with Gasteiger partial charge in [0.05, 0.1) is 42.7 Å². The lowest BCUT2D eigenvalue weighted by molar-refractivity contribution is 0.0987. The van der Waals surface area contributed by atoms with E-state index in [-0.39, 0.29) is 10.5 Å². The highest BCUT2D eigenvalue weighted by Gasteiger charge is 2.25. The van der Waals surface area contributed by atoms with Crippen molar-refractivity contribution in [2.45, 2.75) is 38.5 Å². The summed E-state index contributed by atoms with van der Waals surface area (Å²) in [5.41, 5.74) is 2.66. The SMILES string of the molecule is CCCN(CCC)S(=O)(=O)c1ccc(C(=O)N(/N=C/c2cc(OC)c(OC)c(OC)c2)c2nc3ccc(C)cc3s2)cc1. The number of methoxy groups -OCH3 is 3. The van der Waals surface area contributed by atoms with Crippen molar-refractivity contribution in [1.82, 2.24) is 9.29 Å². The standard InChI is InChI=1S/C31H36N4O6S2/c1-7-15-34(16-8-2)43(37,38)24-12-10-23(11-13-24)30(36)35(31-33-25-14-9-21(3)17-28(25)42-31)32-20-22-18-26(39-4)29(41-6)27(19-22)40-5/h9-14,17-20H,7-8,15-16H2,1-6H3/b32-20+. The van der Waals surface area contributed by atoms with Gasteiger partial charge < -0.3 is 14.2 Å². The zero-order valence-electron chi connectivity index (χ0n) is 25.2. The van der Waals surface area contributed by atoms with Crippen molar-refractivity contribution in [3.63, 3.8) is 0 Å². The molecule has 0 fully saturated rings. The van der Waals surface area contributed by atoms with Crippen LogP contribution in [-0.2, 0) is 10.0 Å². The van der Waals surface area contributed by atoms with Gasteiger partial charge >= 0.3 is 0 Å². The number of sulfonamides is 1. The van der Waals surface area contributed by atoms with Gasteiger partial charge in [-0.25, -0.2) is 13.4 Å². The molecule has 4 aromatic rings. The number of fused-ring (bicyclic) bond motifs is 1. The summed E-state index contributed by atoms with van der Waals surface area (Å²) in [6.07, 6.45) is 2.92. The van der Waals surface area contributed by atoms with E-state index in [1.807, 2.05) is 39.0 Å². The number of amides is 1. The van der Waals surface area contributed by atoms with Crippen LogP contribution in [0.15, 0.2) is 64.6 Å². The van der Waals surface area contributed by atoms with Gasteiger partial charge in [-0.05, 0) is 73.9 Å². The van der Waals surface area contributed by atoms with Crippen molar-refractivity contribution < 1.29 is 27.4 Å². The van der Waals surface area contributed by atoms with Gasteiger partial charge in [0.25, 0.3) is 5.91 Å². The van der Waals surface area contributed by atoms with Gasteiger partial charge in [0, 0.05) is 24.2 Å². The number of nitrogens with zero attached hydrogens (tertiary/aromatic N) is 4. The third kappa shape index (κ3) is 6.98. The lowest BCUT2D eigenvalue weighted by Gasteiger charge is -2.21. The zero-order chi connectivity index (χ0) is 31.1. The number of carbonyl (C=O) groups is 1.